The van der Waals surface area contributed by atoms with Crippen molar-refractivity contribution >= 4 is 5.91 Å². The largest absolute Gasteiger partial charge is 1.00 e. The molecule has 1 fully saturated rings. The first kappa shape index (κ1) is 21.6. The van der Waals surface area contributed by atoms with Crippen LogP contribution in [-0.2, 0) is 17.3 Å². The zero-order valence-corrected chi connectivity index (χ0v) is 19.1. The zero-order valence-electron chi connectivity index (χ0n) is 17.0. The van der Waals surface area contributed by atoms with Gasteiger partial charge >= 0.3 is 0 Å². The van der Waals surface area contributed by atoms with E-state index in [4.69, 9.17) is 5.73 Å². The minimum Gasteiger partial charge on any atom is -1.00 e. The number of carbonyl (C=O) groups is 1. The number of primary amides is 1. The van der Waals surface area contributed by atoms with E-state index in [9.17, 15) is 4.79 Å². The highest BCUT2D eigenvalue weighted by molar-refractivity contribution is 5.91. The third-order valence-corrected chi connectivity index (χ3v) is 6.59. The fourth-order valence-electron chi connectivity index (χ4n) is 5.09. The Morgan fingerprint density at radius 2 is 1.59 bits per heavy atom. The molecule has 2 aromatic carbocycles. The highest BCUT2D eigenvalue weighted by Crippen LogP contribution is 2.49. The third-order valence-electron chi connectivity index (χ3n) is 6.59. The average Bonchev–Trinajstić information content (AvgIpc) is 3.32. The molecule has 0 radical (unpaired) electrons. The molecule has 2 N–H and O–H groups in total. The lowest BCUT2D eigenvalue weighted by Crippen LogP contribution is -3.00. The lowest BCUT2D eigenvalue weighted by Gasteiger charge is -2.37. The maximum atomic E-state index is 13.1. The summed E-state index contributed by atoms with van der Waals surface area (Å²) >= 11 is 0. The molecule has 1 saturated carbocycles. The van der Waals surface area contributed by atoms with Crippen LogP contribution in [0.1, 0.15) is 42.3 Å². The van der Waals surface area contributed by atoms with Crippen molar-refractivity contribution in [3.05, 3.63) is 90.0 Å². The van der Waals surface area contributed by atoms with Gasteiger partial charge in [0.25, 0.3) is 5.82 Å². The lowest BCUT2D eigenvalue weighted by atomic mass is 9.64. The number of aromatic nitrogens is 2. The number of hydrogen-bond donors (Lipinski definition) is 1. The molecule has 0 saturated heterocycles. The normalized spacial score (nSPS) is 19.0. The summed E-state index contributed by atoms with van der Waals surface area (Å²) in [5.74, 6) is 1.13. The van der Waals surface area contributed by atoms with E-state index in [-0.39, 0.29) is 35.8 Å². The predicted molar refractivity (Wildman–Crippen MR) is 110 cm³/mol. The second kappa shape index (κ2) is 8.69. The molecule has 4 rings (SSSR count). The molecule has 1 aliphatic rings. The molecular formula is C24H28IN3O. The van der Waals surface area contributed by atoms with Crippen molar-refractivity contribution in [3.63, 3.8) is 0 Å². The predicted octanol–water partition coefficient (Wildman–Crippen LogP) is 0.438. The molecule has 29 heavy (non-hydrogen) atoms. The topological polar surface area (TPSA) is 51.9 Å². The van der Waals surface area contributed by atoms with E-state index in [0.717, 1.165) is 30.4 Å². The van der Waals surface area contributed by atoms with Gasteiger partial charge in [-0.15, -0.1) is 0 Å². The molecule has 2 atom stereocenters. The average molecular weight is 501 g/mol. The van der Waals surface area contributed by atoms with E-state index in [0.29, 0.717) is 6.04 Å². The minimum atomic E-state index is -0.805. The maximum absolute atomic E-state index is 13.1. The second-order valence-corrected chi connectivity index (χ2v) is 7.93. The van der Waals surface area contributed by atoms with Crippen molar-refractivity contribution < 1.29 is 33.3 Å². The van der Waals surface area contributed by atoms with Gasteiger partial charge in [-0.2, -0.15) is 0 Å². The number of aryl methyl sites for hydroxylation is 1. The van der Waals surface area contributed by atoms with Crippen molar-refractivity contribution in [1.82, 2.24) is 4.57 Å². The van der Waals surface area contributed by atoms with Crippen LogP contribution in [0.5, 0.6) is 0 Å². The Morgan fingerprint density at radius 3 is 2.03 bits per heavy atom. The Hall–Kier alpha value is -2.15. The molecule has 1 amide bonds. The molecule has 1 heterocycles. The number of hydrogen-bond acceptors (Lipinski definition) is 1. The van der Waals surface area contributed by atoms with Gasteiger partial charge in [-0.25, -0.2) is 9.13 Å². The number of nitrogens with two attached hydrogens (primary N) is 1. The Kier molecular flexibility index (Phi) is 6.46. The van der Waals surface area contributed by atoms with Gasteiger partial charge in [-0.05, 0) is 36.3 Å². The first-order chi connectivity index (χ1) is 13.5. The number of benzene rings is 2. The monoisotopic (exact) mass is 501 g/mol. The number of imidazole rings is 1. The summed E-state index contributed by atoms with van der Waals surface area (Å²) in [5, 5.41) is 0. The van der Waals surface area contributed by atoms with Crippen LogP contribution in [0.3, 0.4) is 0 Å². The molecule has 3 aromatic rings. The molecule has 0 aliphatic heterocycles. The minimum absolute atomic E-state index is 0. The quantitative estimate of drug-likeness (QED) is 0.401. The van der Waals surface area contributed by atoms with Gasteiger partial charge < -0.3 is 29.7 Å². The Bertz CT molecular complexity index is 929. The third kappa shape index (κ3) is 3.61. The van der Waals surface area contributed by atoms with Gasteiger partial charge in [0.2, 0.25) is 5.91 Å². The van der Waals surface area contributed by atoms with Gasteiger partial charge in [0.15, 0.2) is 0 Å². The van der Waals surface area contributed by atoms with Crippen LogP contribution < -0.4 is 34.3 Å². The van der Waals surface area contributed by atoms with Crippen LogP contribution in [0.4, 0.5) is 0 Å². The van der Waals surface area contributed by atoms with Crippen LogP contribution >= 0.6 is 0 Å². The first-order valence-electron chi connectivity index (χ1n) is 9.99. The zero-order chi connectivity index (χ0) is 19.7. The van der Waals surface area contributed by atoms with E-state index >= 15 is 0 Å². The van der Waals surface area contributed by atoms with Crippen molar-refractivity contribution in [2.24, 2.45) is 18.7 Å². The highest BCUT2D eigenvalue weighted by atomic mass is 127. The van der Waals surface area contributed by atoms with E-state index in [2.05, 4.69) is 35.5 Å². The molecule has 2 unspecified atom stereocenters. The molecule has 152 valence electrons. The van der Waals surface area contributed by atoms with Crippen molar-refractivity contribution in [3.8, 4) is 0 Å². The maximum Gasteiger partial charge on any atom is 0.253 e. The number of nitrogens with zero attached hydrogens (tertiary/aromatic N) is 2. The van der Waals surface area contributed by atoms with Crippen molar-refractivity contribution in [2.45, 2.75) is 37.6 Å². The molecule has 0 bridgehead atoms. The van der Waals surface area contributed by atoms with E-state index in [1.165, 1.54) is 5.82 Å². The number of carbonyl (C=O) groups excluding carboxylic acids is 1. The molecule has 4 nitrogen and oxygen atoms in total. The summed E-state index contributed by atoms with van der Waals surface area (Å²) in [6.07, 6.45) is 7.20. The van der Waals surface area contributed by atoms with Crippen molar-refractivity contribution in [1.29, 1.82) is 0 Å². The molecule has 1 aromatic heterocycles. The first-order valence-corrected chi connectivity index (χ1v) is 9.99. The summed E-state index contributed by atoms with van der Waals surface area (Å²) < 4.78 is 4.49. The summed E-state index contributed by atoms with van der Waals surface area (Å²) in [6.45, 7) is 2.14. The SMILES string of the molecule is Cc1n(C2CCC(C(C(N)=O)(c3ccccc3)c3ccccc3)C2)cc[n+]1C.[I-]. The Morgan fingerprint density at radius 1 is 1.03 bits per heavy atom. The van der Waals surface area contributed by atoms with Crippen molar-refractivity contribution in [2.75, 3.05) is 0 Å². The van der Waals surface area contributed by atoms with Gasteiger partial charge in [0.05, 0.1) is 7.05 Å². The van der Waals surface area contributed by atoms with Gasteiger partial charge in [0, 0.05) is 6.92 Å². The van der Waals surface area contributed by atoms with Crippen LogP contribution in [0.15, 0.2) is 73.1 Å². The summed E-state index contributed by atoms with van der Waals surface area (Å²) in [7, 11) is 2.07. The summed E-state index contributed by atoms with van der Waals surface area (Å²) in [4.78, 5) is 13.1. The van der Waals surface area contributed by atoms with E-state index < -0.39 is 5.41 Å². The standard InChI is InChI=1S/C24H27N3O.HI/c1-18-26(2)15-16-27(18)22-14-13-21(17-22)24(23(25)28,19-9-5-3-6-10-19)20-11-7-4-8-12-20;/h3-12,15-16,21-22H,13-14,17H2,1-2H3,(H-,25,28);1H. The highest BCUT2D eigenvalue weighted by Gasteiger charge is 2.51. The summed E-state index contributed by atoms with van der Waals surface area (Å²) in [6, 6.07) is 20.5. The van der Waals surface area contributed by atoms with Crippen LogP contribution in [0.25, 0.3) is 0 Å². The second-order valence-electron chi connectivity index (χ2n) is 7.93. The molecule has 5 heteroatoms. The molecule has 1 aliphatic carbocycles. The lowest BCUT2D eigenvalue weighted by molar-refractivity contribution is -0.677. The van der Waals surface area contributed by atoms with Gasteiger partial charge in [0.1, 0.15) is 23.9 Å². The molecule has 0 spiro atoms. The fraction of sp³-hybridized carbons (Fsp3) is 0.333. The molecular weight excluding hydrogens is 473 g/mol. The Balaban J connectivity index is 0.00000240. The summed E-state index contributed by atoms with van der Waals surface area (Å²) in [5.41, 5.74) is 7.37. The smallest absolute Gasteiger partial charge is 0.253 e. The number of halogens is 1. The van der Waals surface area contributed by atoms with Crippen LogP contribution in [0.2, 0.25) is 0 Å². The van der Waals surface area contributed by atoms with Crippen LogP contribution in [0, 0.1) is 12.8 Å². The Labute approximate surface area is 189 Å². The fourth-order valence-corrected chi connectivity index (χ4v) is 5.09. The van der Waals surface area contributed by atoms with E-state index in [1.54, 1.807) is 0 Å². The number of rotatable bonds is 5. The number of amides is 1. The van der Waals surface area contributed by atoms with Gasteiger partial charge in [-0.3, -0.25) is 4.79 Å². The van der Waals surface area contributed by atoms with E-state index in [1.807, 2.05) is 60.7 Å². The van der Waals surface area contributed by atoms with Crippen LogP contribution in [-0.4, -0.2) is 10.5 Å². The van der Waals surface area contributed by atoms with Gasteiger partial charge in [-0.1, -0.05) is 60.7 Å².